The van der Waals surface area contributed by atoms with Gasteiger partial charge in [-0.25, -0.2) is 8.42 Å². The molecule has 0 aliphatic carbocycles. The number of piperidine rings is 1. The number of alkyl halides is 3. The zero-order chi connectivity index (χ0) is 11.0. The van der Waals surface area contributed by atoms with Crippen LogP contribution in [-0.4, -0.2) is 31.3 Å². The fourth-order valence-electron chi connectivity index (χ4n) is 1.19. The summed E-state index contributed by atoms with van der Waals surface area (Å²) in [6.07, 6.45) is 0.602. The molecular formula is C7H10F3NO2S. The maximum absolute atomic E-state index is 12.1. The summed E-state index contributed by atoms with van der Waals surface area (Å²) in [5.74, 6) is 0. The standard InChI is InChI=1S/C7H10F3NO2S/c1-6-2-4-11(5-3-6)14(12,13)7(8,9)10/h1-5H2. The molecule has 0 amide bonds. The smallest absolute Gasteiger partial charge is 0.203 e. The predicted molar refractivity (Wildman–Crippen MR) is 44.9 cm³/mol. The van der Waals surface area contributed by atoms with Gasteiger partial charge in [0.25, 0.3) is 0 Å². The topological polar surface area (TPSA) is 37.4 Å². The Morgan fingerprint density at radius 2 is 1.64 bits per heavy atom. The van der Waals surface area contributed by atoms with Gasteiger partial charge in [0.2, 0.25) is 0 Å². The first-order valence-corrected chi connectivity index (χ1v) is 5.42. The Morgan fingerprint density at radius 3 is 2.00 bits per heavy atom. The van der Waals surface area contributed by atoms with Crippen LogP contribution < -0.4 is 0 Å². The van der Waals surface area contributed by atoms with Gasteiger partial charge in [0, 0.05) is 13.1 Å². The first-order chi connectivity index (χ1) is 6.25. The van der Waals surface area contributed by atoms with Crippen molar-refractivity contribution in [2.24, 2.45) is 0 Å². The molecule has 0 aromatic heterocycles. The second-order valence-corrected chi connectivity index (χ2v) is 5.03. The van der Waals surface area contributed by atoms with Crippen LogP contribution in [0.5, 0.6) is 0 Å². The molecule has 0 aromatic rings. The summed E-state index contributed by atoms with van der Waals surface area (Å²) < 4.78 is 58.4. The molecule has 1 aliphatic heterocycles. The van der Waals surface area contributed by atoms with E-state index < -0.39 is 15.5 Å². The van der Waals surface area contributed by atoms with Gasteiger partial charge < -0.3 is 0 Å². The molecule has 0 spiro atoms. The second kappa shape index (κ2) is 3.54. The Morgan fingerprint density at radius 1 is 1.21 bits per heavy atom. The minimum absolute atomic E-state index is 0.124. The van der Waals surface area contributed by atoms with Crippen LogP contribution in [0, 0.1) is 0 Å². The molecule has 7 heteroatoms. The van der Waals surface area contributed by atoms with Crippen LogP contribution in [0.1, 0.15) is 12.8 Å². The van der Waals surface area contributed by atoms with Crippen molar-refractivity contribution in [3.8, 4) is 0 Å². The van der Waals surface area contributed by atoms with E-state index in [4.69, 9.17) is 0 Å². The van der Waals surface area contributed by atoms with Crippen molar-refractivity contribution < 1.29 is 21.6 Å². The summed E-state index contributed by atoms with van der Waals surface area (Å²) in [5.41, 5.74) is -4.40. The number of hydrogen-bond donors (Lipinski definition) is 0. The number of sulfonamides is 1. The van der Waals surface area contributed by atoms with Gasteiger partial charge in [0.05, 0.1) is 0 Å². The molecule has 0 N–H and O–H groups in total. The van der Waals surface area contributed by atoms with Gasteiger partial charge in [-0.3, -0.25) is 0 Å². The lowest BCUT2D eigenvalue weighted by atomic mass is 10.1. The van der Waals surface area contributed by atoms with Crippen molar-refractivity contribution in [2.45, 2.75) is 18.3 Å². The number of halogens is 3. The molecule has 1 rings (SSSR count). The predicted octanol–water partition coefficient (Wildman–Crippen LogP) is 1.49. The van der Waals surface area contributed by atoms with Crippen molar-refractivity contribution >= 4 is 10.0 Å². The van der Waals surface area contributed by atoms with Crippen LogP contribution in [0.3, 0.4) is 0 Å². The van der Waals surface area contributed by atoms with Crippen molar-refractivity contribution in [1.29, 1.82) is 0 Å². The van der Waals surface area contributed by atoms with E-state index in [9.17, 15) is 21.6 Å². The molecule has 0 unspecified atom stereocenters. The zero-order valence-corrected chi connectivity index (χ0v) is 8.16. The van der Waals surface area contributed by atoms with Crippen LogP contribution in [0.4, 0.5) is 13.2 Å². The van der Waals surface area contributed by atoms with Gasteiger partial charge in [0.1, 0.15) is 0 Å². The van der Waals surface area contributed by atoms with Crippen molar-refractivity contribution in [3.05, 3.63) is 12.2 Å². The van der Waals surface area contributed by atoms with E-state index in [0.717, 1.165) is 5.57 Å². The normalized spacial score (nSPS) is 21.2. The summed E-state index contributed by atoms with van der Waals surface area (Å²) in [7, 11) is -5.13. The van der Waals surface area contributed by atoms with Crippen molar-refractivity contribution in [2.75, 3.05) is 13.1 Å². The third-order valence-electron chi connectivity index (χ3n) is 2.06. The van der Waals surface area contributed by atoms with E-state index >= 15 is 0 Å². The highest BCUT2D eigenvalue weighted by Crippen LogP contribution is 2.29. The van der Waals surface area contributed by atoms with E-state index in [2.05, 4.69) is 6.58 Å². The van der Waals surface area contributed by atoms with Gasteiger partial charge in [0.15, 0.2) is 0 Å². The molecule has 0 atom stereocenters. The average molecular weight is 229 g/mol. The first-order valence-electron chi connectivity index (χ1n) is 3.98. The highest BCUT2D eigenvalue weighted by Gasteiger charge is 2.50. The Labute approximate surface area is 80.3 Å². The summed E-state index contributed by atoms with van der Waals surface area (Å²) >= 11 is 0. The lowest BCUT2D eigenvalue weighted by molar-refractivity contribution is -0.0491. The van der Waals surface area contributed by atoms with Crippen LogP contribution >= 0.6 is 0 Å². The van der Waals surface area contributed by atoms with Gasteiger partial charge in [-0.05, 0) is 12.8 Å². The molecule has 0 bridgehead atoms. The molecular weight excluding hydrogens is 219 g/mol. The first kappa shape index (κ1) is 11.5. The van der Waals surface area contributed by atoms with Crippen LogP contribution in [-0.2, 0) is 10.0 Å². The van der Waals surface area contributed by atoms with Crippen molar-refractivity contribution in [1.82, 2.24) is 4.31 Å². The van der Waals surface area contributed by atoms with E-state index in [1.54, 1.807) is 0 Å². The molecule has 3 nitrogen and oxygen atoms in total. The van der Waals surface area contributed by atoms with Crippen molar-refractivity contribution in [3.63, 3.8) is 0 Å². The van der Waals surface area contributed by atoms with Gasteiger partial charge in [-0.1, -0.05) is 12.2 Å². The van der Waals surface area contributed by atoms with E-state index in [1.165, 1.54) is 0 Å². The maximum atomic E-state index is 12.1. The molecule has 0 radical (unpaired) electrons. The minimum Gasteiger partial charge on any atom is -0.203 e. The largest absolute Gasteiger partial charge is 0.511 e. The SMILES string of the molecule is C=C1CCN(S(=O)(=O)C(F)(F)F)CC1. The molecule has 1 heterocycles. The van der Waals surface area contributed by atoms with E-state index in [-0.39, 0.29) is 13.1 Å². The molecule has 82 valence electrons. The fraction of sp³-hybridized carbons (Fsp3) is 0.714. The highest BCUT2D eigenvalue weighted by atomic mass is 32.2. The molecule has 1 aliphatic rings. The minimum atomic E-state index is -5.19. The Balaban J connectivity index is 2.81. The van der Waals surface area contributed by atoms with Gasteiger partial charge in [-0.2, -0.15) is 17.5 Å². The summed E-state index contributed by atoms with van der Waals surface area (Å²) in [4.78, 5) is 0. The Hall–Kier alpha value is -0.560. The highest BCUT2D eigenvalue weighted by molar-refractivity contribution is 7.90. The third-order valence-corrected chi connectivity index (χ3v) is 3.69. The quantitative estimate of drug-likeness (QED) is 0.639. The zero-order valence-electron chi connectivity index (χ0n) is 7.34. The second-order valence-electron chi connectivity index (χ2n) is 3.10. The molecule has 1 fully saturated rings. The Kier molecular flexibility index (Phi) is 2.91. The maximum Gasteiger partial charge on any atom is 0.511 e. The number of hydrogen-bond acceptors (Lipinski definition) is 2. The Bertz CT molecular complexity index is 323. The van der Waals surface area contributed by atoms with Crippen LogP contribution in [0.25, 0.3) is 0 Å². The molecule has 0 saturated carbocycles. The van der Waals surface area contributed by atoms with Crippen LogP contribution in [0.2, 0.25) is 0 Å². The number of rotatable bonds is 1. The van der Waals surface area contributed by atoms with Crippen LogP contribution in [0.15, 0.2) is 12.2 Å². The molecule has 14 heavy (non-hydrogen) atoms. The monoisotopic (exact) mass is 229 g/mol. The summed E-state index contributed by atoms with van der Waals surface area (Å²) in [6, 6.07) is 0. The van der Waals surface area contributed by atoms with Gasteiger partial charge in [-0.15, -0.1) is 0 Å². The lowest BCUT2D eigenvalue weighted by Gasteiger charge is -2.27. The molecule has 1 saturated heterocycles. The summed E-state index contributed by atoms with van der Waals surface area (Å²) in [6.45, 7) is 3.34. The third kappa shape index (κ3) is 2.09. The lowest BCUT2D eigenvalue weighted by Crippen LogP contribution is -2.43. The van der Waals surface area contributed by atoms with Gasteiger partial charge >= 0.3 is 15.5 Å². The van der Waals surface area contributed by atoms with E-state index in [0.29, 0.717) is 17.1 Å². The van der Waals surface area contributed by atoms with E-state index in [1.807, 2.05) is 0 Å². The average Bonchev–Trinajstić information content (AvgIpc) is 2.03. The number of nitrogens with zero attached hydrogens (tertiary/aromatic N) is 1. The molecule has 0 aromatic carbocycles. The summed E-state index contributed by atoms with van der Waals surface area (Å²) in [5, 5.41) is 0. The fourth-order valence-corrected chi connectivity index (χ4v) is 2.15.